The van der Waals surface area contributed by atoms with E-state index in [1.54, 1.807) is 0 Å². The molecule has 2 unspecified atom stereocenters. The lowest BCUT2D eigenvalue weighted by atomic mass is 9.86. The minimum absolute atomic E-state index is 0.0995. The molecule has 0 aliphatic heterocycles. The molecule has 1 aromatic heterocycles. The number of imidazole rings is 1. The Morgan fingerprint density at radius 1 is 1.42 bits per heavy atom. The van der Waals surface area contributed by atoms with Crippen molar-refractivity contribution in [1.82, 2.24) is 9.55 Å². The Kier molecular flexibility index (Phi) is 3.29. The molecule has 0 radical (unpaired) electrons. The molecule has 4 nitrogen and oxygen atoms in total. The van der Waals surface area contributed by atoms with E-state index in [1.807, 2.05) is 24.5 Å². The van der Waals surface area contributed by atoms with Crippen molar-refractivity contribution in [3.8, 4) is 0 Å². The van der Waals surface area contributed by atoms with Gasteiger partial charge in [0.1, 0.15) is 0 Å². The molecule has 19 heavy (non-hydrogen) atoms. The molecule has 3 rings (SSSR count). The number of rotatable bonds is 4. The van der Waals surface area contributed by atoms with Gasteiger partial charge in [0.15, 0.2) is 0 Å². The molecule has 1 aromatic carbocycles. The third-order valence-corrected chi connectivity index (χ3v) is 4.55. The number of nitrogens with two attached hydrogens (primary N) is 1. The number of nitrogens with zero attached hydrogens (tertiary/aromatic N) is 2. The van der Waals surface area contributed by atoms with E-state index < -0.39 is 0 Å². The molecule has 0 bridgehead atoms. The molecule has 2 atom stereocenters. The SMILES string of the molecule is NC1(CO)CCCC1CCn1cnc2ccccc21. The number of hydrogen-bond acceptors (Lipinski definition) is 3. The van der Waals surface area contributed by atoms with Gasteiger partial charge in [-0.1, -0.05) is 18.6 Å². The van der Waals surface area contributed by atoms with E-state index in [9.17, 15) is 5.11 Å². The van der Waals surface area contributed by atoms with Crippen molar-refractivity contribution >= 4 is 11.0 Å². The molecule has 0 saturated heterocycles. The van der Waals surface area contributed by atoms with Gasteiger partial charge in [-0.3, -0.25) is 0 Å². The highest BCUT2D eigenvalue weighted by molar-refractivity contribution is 5.74. The summed E-state index contributed by atoms with van der Waals surface area (Å²) >= 11 is 0. The lowest BCUT2D eigenvalue weighted by Crippen LogP contribution is -2.47. The molecule has 0 spiro atoms. The van der Waals surface area contributed by atoms with Crippen LogP contribution < -0.4 is 5.73 Å². The summed E-state index contributed by atoms with van der Waals surface area (Å²) in [4.78, 5) is 4.40. The monoisotopic (exact) mass is 259 g/mol. The van der Waals surface area contributed by atoms with E-state index in [1.165, 1.54) is 5.52 Å². The number of para-hydroxylation sites is 2. The third-order valence-electron chi connectivity index (χ3n) is 4.55. The van der Waals surface area contributed by atoms with E-state index in [2.05, 4.69) is 15.6 Å². The van der Waals surface area contributed by atoms with Gasteiger partial charge < -0.3 is 15.4 Å². The highest BCUT2D eigenvalue weighted by atomic mass is 16.3. The molecule has 2 aromatic rings. The average Bonchev–Trinajstić information content (AvgIpc) is 3.01. The summed E-state index contributed by atoms with van der Waals surface area (Å²) in [7, 11) is 0. The van der Waals surface area contributed by atoms with Crippen molar-refractivity contribution < 1.29 is 5.11 Å². The van der Waals surface area contributed by atoms with Crippen molar-refractivity contribution in [3.05, 3.63) is 30.6 Å². The Morgan fingerprint density at radius 3 is 3.11 bits per heavy atom. The first-order chi connectivity index (χ1) is 9.23. The molecule has 102 valence electrons. The van der Waals surface area contributed by atoms with Crippen LogP contribution in [0.4, 0.5) is 0 Å². The minimum Gasteiger partial charge on any atom is -0.394 e. The third kappa shape index (κ3) is 2.26. The van der Waals surface area contributed by atoms with E-state index >= 15 is 0 Å². The second-order valence-corrected chi connectivity index (χ2v) is 5.70. The molecular formula is C15H21N3O. The maximum absolute atomic E-state index is 9.48. The first-order valence-electron chi connectivity index (χ1n) is 7.02. The molecule has 1 aliphatic carbocycles. The maximum atomic E-state index is 9.48. The second kappa shape index (κ2) is 4.94. The normalized spacial score (nSPS) is 27.2. The van der Waals surface area contributed by atoms with Gasteiger partial charge >= 0.3 is 0 Å². The first kappa shape index (κ1) is 12.6. The fourth-order valence-electron chi connectivity index (χ4n) is 3.29. The minimum atomic E-state index is -0.365. The van der Waals surface area contributed by atoms with Gasteiger partial charge in [0.2, 0.25) is 0 Å². The Bertz CT molecular complexity index is 565. The van der Waals surface area contributed by atoms with Gasteiger partial charge in [0.25, 0.3) is 0 Å². The number of hydrogen-bond donors (Lipinski definition) is 2. The van der Waals surface area contributed by atoms with E-state index in [0.717, 1.165) is 37.7 Å². The van der Waals surface area contributed by atoms with E-state index in [4.69, 9.17) is 5.73 Å². The Balaban J connectivity index is 1.73. The number of fused-ring (bicyclic) bond motifs is 1. The predicted octanol–water partition coefficient (Wildman–Crippen LogP) is 1.92. The Labute approximate surface area is 113 Å². The van der Waals surface area contributed by atoms with Gasteiger partial charge in [-0.2, -0.15) is 0 Å². The van der Waals surface area contributed by atoms with Crippen LogP contribution in [-0.2, 0) is 6.54 Å². The Morgan fingerprint density at radius 2 is 2.26 bits per heavy atom. The van der Waals surface area contributed by atoms with Crippen LogP contribution >= 0.6 is 0 Å². The largest absolute Gasteiger partial charge is 0.394 e. The summed E-state index contributed by atoms with van der Waals surface area (Å²) in [5.41, 5.74) is 8.13. The van der Waals surface area contributed by atoms with Crippen molar-refractivity contribution in [2.45, 2.75) is 37.8 Å². The van der Waals surface area contributed by atoms with Crippen LogP contribution in [0.3, 0.4) is 0 Å². The number of benzene rings is 1. The lowest BCUT2D eigenvalue weighted by molar-refractivity contribution is 0.153. The predicted molar refractivity (Wildman–Crippen MR) is 75.7 cm³/mol. The van der Waals surface area contributed by atoms with Crippen molar-refractivity contribution in [2.75, 3.05) is 6.61 Å². The summed E-state index contributed by atoms with van der Waals surface area (Å²) in [6, 6.07) is 8.17. The van der Waals surface area contributed by atoms with Crippen LogP contribution in [0, 0.1) is 5.92 Å². The molecule has 1 aliphatic rings. The molecule has 1 fully saturated rings. The molecule has 3 N–H and O–H groups in total. The van der Waals surface area contributed by atoms with Crippen LogP contribution in [0.2, 0.25) is 0 Å². The zero-order valence-electron chi connectivity index (χ0n) is 11.1. The summed E-state index contributed by atoms with van der Waals surface area (Å²) in [5, 5.41) is 9.48. The molecule has 4 heteroatoms. The van der Waals surface area contributed by atoms with Crippen molar-refractivity contribution in [2.24, 2.45) is 11.7 Å². The quantitative estimate of drug-likeness (QED) is 0.881. The molecule has 1 heterocycles. The fraction of sp³-hybridized carbons (Fsp3) is 0.533. The van der Waals surface area contributed by atoms with Gasteiger partial charge in [0, 0.05) is 12.1 Å². The van der Waals surface area contributed by atoms with E-state index in [0.29, 0.717) is 5.92 Å². The van der Waals surface area contributed by atoms with Crippen LogP contribution in [0.1, 0.15) is 25.7 Å². The van der Waals surface area contributed by atoms with Gasteiger partial charge in [-0.05, 0) is 37.3 Å². The van der Waals surface area contributed by atoms with Crippen LogP contribution in [-0.4, -0.2) is 26.8 Å². The second-order valence-electron chi connectivity index (χ2n) is 5.70. The van der Waals surface area contributed by atoms with Crippen LogP contribution in [0.25, 0.3) is 11.0 Å². The highest BCUT2D eigenvalue weighted by Crippen LogP contribution is 2.36. The maximum Gasteiger partial charge on any atom is 0.0958 e. The van der Waals surface area contributed by atoms with Crippen LogP contribution in [0.5, 0.6) is 0 Å². The number of aliphatic hydroxyl groups excluding tert-OH is 1. The topological polar surface area (TPSA) is 64.1 Å². The highest BCUT2D eigenvalue weighted by Gasteiger charge is 2.38. The van der Waals surface area contributed by atoms with Gasteiger partial charge in [0.05, 0.1) is 24.0 Å². The summed E-state index contributed by atoms with van der Waals surface area (Å²) < 4.78 is 2.19. The molecular weight excluding hydrogens is 238 g/mol. The summed E-state index contributed by atoms with van der Waals surface area (Å²) in [6.45, 7) is 1.02. The fourth-order valence-corrected chi connectivity index (χ4v) is 3.29. The number of aryl methyl sites for hydroxylation is 1. The number of aromatic nitrogens is 2. The smallest absolute Gasteiger partial charge is 0.0958 e. The average molecular weight is 259 g/mol. The first-order valence-corrected chi connectivity index (χ1v) is 7.02. The zero-order valence-corrected chi connectivity index (χ0v) is 11.1. The van der Waals surface area contributed by atoms with Crippen LogP contribution in [0.15, 0.2) is 30.6 Å². The standard InChI is InChI=1S/C15H21N3O/c16-15(10-19)8-3-4-12(15)7-9-18-11-17-13-5-1-2-6-14(13)18/h1-2,5-6,11-12,19H,3-4,7-10,16H2. The van der Waals surface area contributed by atoms with Crippen molar-refractivity contribution in [1.29, 1.82) is 0 Å². The molecule has 1 saturated carbocycles. The zero-order chi connectivity index (χ0) is 13.3. The number of aliphatic hydroxyl groups is 1. The van der Waals surface area contributed by atoms with Gasteiger partial charge in [-0.15, -0.1) is 0 Å². The van der Waals surface area contributed by atoms with Crippen molar-refractivity contribution in [3.63, 3.8) is 0 Å². The summed E-state index contributed by atoms with van der Waals surface area (Å²) in [5.74, 6) is 0.415. The van der Waals surface area contributed by atoms with Gasteiger partial charge in [-0.25, -0.2) is 4.98 Å². The lowest BCUT2D eigenvalue weighted by Gasteiger charge is -2.29. The molecule has 0 amide bonds. The van der Waals surface area contributed by atoms with E-state index in [-0.39, 0.29) is 12.1 Å². The summed E-state index contributed by atoms with van der Waals surface area (Å²) in [6.07, 6.45) is 6.11. The Hall–Kier alpha value is -1.39.